The van der Waals surface area contributed by atoms with Crippen LogP contribution in [0.3, 0.4) is 0 Å². The Hall–Kier alpha value is -0.760. The van der Waals surface area contributed by atoms with E-state index in [0.717, 1.165) is 32.1 Å². The molecule has 0 radical (unpaired) electrons. The fraction of sp³-hybridized carbons (Fsp3) is 0.936. The van der Waals surface area contributed by atoms with Crippen molar-refractivity contribution in [1.29, 1.82) is 0 Å². The minimum atomic E-state index is -4.33. The summed E-state index contributed by atoms with van der Waals surface area (Å²) >= 11 is 0. The first-order valence-electron chi connectivity index (χ1n) is 24.1. The SMILES string of the molecule is CCCCCCCCCCCCCCC/C=C/C(O)C(COP(=O)(O)OCC[N+](C)(C)C)NC(=O)CCCCCCCCCCCCCCCCCCCCC. The van der Waals surface area contributed by atoms with Crippen LogP contribution in [-0.2, 0) is 18.4 Å². The van der Waals surface area contributed by atoms with Gasteiger partial charge in [-0.3, -0.25) is 13.8 Å². The molecular formula is C47H96N2O6P+. The van der Waals surface area contributed by atoms with Crippen LogP contribution in [0.5, 0.6) is 0 Å². The summed E-state index contributed by atoms with van der Waals surface area (Å²) in [5, 5.41) is 13.9. The first kappa shape index (κ1) is 55.2. The molecule has 1 amide bonds. The number of carbonyl (C=O) groups is 1. The number of aliphatic hydroxyl groups is 1. The van der Waals surface area contributed by atoms with Gasteiger partial charge in [0.25, 0.3) is 0 Å². The highest BCUT2D eigenvalue weighted by Gasteiger charge is 2.27. The third-order valence-electron chi connectivity index (χ3n) is 11.0. The highest BCUT2D eigenvalue weighted by molar-refractivity contribution is 7.47. The minimum absolute atomic E-state index is 0.0648. The van der Waals surface area contributed by atoms with Crippen molar-refractivity contribution in [3.8, 4) is 0 Å². The monoisotopic (exact) mass is 816 g/mol. The van der Waals surface area contributed by atoms with Gasteiger partial charge in [0.2, 0.25) is 5.91 Å². The molecule has 3 atom stereocenters. The Bertz CT molecular complexity index is 927. The number of phosphoric acid groups is 1. The number of hydrogen-bond acceptors (Lipinski definition) is 5. The van der Waals surface area contributed by atoms with Gasteiger partial charge in [0.15, 0.2) is 0 Å². The molecule has 3 unspecified atom stereocenters. The average Bonchev–Trinajstić information content (AvgIpc) is 3.15. The molecule has 0 aromatic carbocycles. The quantitative estimate of drug-likeness (QED) is 0.0245. The van der Waals surface area contributed by atoms with Gasteiger partial charge in [-0.2, -0.15) is 0 Å². The number of quaternary nitrogens is 1. The van der Waals surface area contributed by atoms with E-state index in [-0.39, 0.29) is 19.1 Å². The predicted octanol–water partition coefficient (Wildman–Crippen LogP) is 13.5. The predicted molar refractivity (Wildman–Crippen MR) is 240 cm³/mol. The first-order valence-corrected chi connectivity index (χ1v) is 25.6. The van der Waals surface area contributed by atoms with Gasteiger partial charge in [0.05, 0.1) is 39.9 Å². The van der Waals surface area contributed by atoms with Gasteiger partial charge in [0.1, 0.15) is 13.2 Å². The lowest BCUT2D eigenvalue weighted by atomic mass is 10.0. The van der Waals surface area contributed by atoms with E-state index in [1.807, 2.05) is 27.2 Å². The number of hydrogen-bond donors (Lipinski definition) is 3. The zero-order valence-corrected chi connectivity index (χ0v) is 38.8. The van der Waals surface area contributed by atoms with Gasteiger partial charge in [-0.15, -0.1) is 0 Å². The van der Waals surface area contributed by atoms with Crippen LogP contribution in [-0.4, -0.2) is 73.4 Å². The molecule has 0 aliphatic rings. The maximum absolute atomic E-state index is 12.9. The molecular weight excluding hydrogens is 719 g/mol. The molecule has 0 spiro atoms. The minimum Gasteiger partial charge on any atom is -0.387 e. The van der Waals surface area contributed by atoms with Crippen molar-refractivity contribution in [1.82, 2.24) is 5.32 Å². The second kappa shape index (κ2) is 39.7. The molecule has 334 valence electrons. The zero-order valence-electron chi connectivity index (χ0n) is 37.9. The third-order valence-corrected chi connectivity index (χ3v) is 12.0. The van der Waals surface area contributed by atoms with E-state index >= 15 is 0 Å². The molecule has 0 aromatic heterocycles. The van der Waals surface area contributed by atoms with E-state index in [9.17, 15) is 19.4 Å². The van der Waals surface area contributed by atoms with Gasteiger partial charge in [-0.25, -0.2) is 4.57 Å². The third kappa shape index (κ3) is 41.4. The number of nitrogens with zero attached hydrogens (tertiary/aromatic N) is 1. The molecule has 0 fully saturated rings. The van der Waals surface area contributed by atoms with E-state index in [0.29, 0.717) is 17.4 Å². The van der Waals surface area contributed by atoms with Gasteiger partial charge < -0.3 is 19.8 Å². The molecule has 0 rings (SSSR count). The molecule has 0 bridgehead atoms. The summed E-state index contributed by atoms with van der Waals surface area (Å²) in [6.45, 7) is 4.84. The van der Waals surface area contributed by atoms with E-state index in [4.69, 9.17) is 9.05 Å². The average molecular weight is 816 g/mol. The molecule has 56 heavy (non-hydrogen) atoms. The van der Waals surface area contributed by atoms with Crippen molar-refractivity contribution >= 4 is 13.7 Å². The number of likely N-dealkylation sites (N-methyl/N-ethyl adjacent to an activating group) is 1. The van der Waals surface area contributed by atoms with Crippen molar-refractivity contribution in [3.05, 3.63) is 12.2 Å². The van der Waals surface area contributed by atoms with Crippen LogP contribution < -0.4 is 5.32 Å². The lowest BCUT2D eigenvalue weighted by Crippen LogP contribution is -2.45. The summed E-state index contributed by atoms with van der Waals surface area (Å²) in [5.41, 5.74) is 0. The number of phosphoric ester groups is 1. The molecule has 0 saturated carbocycles. The van der Waals surface area contributed by atoms with Crippen molar-refractivity contribution in [3.63, 3.8) is 0 Å². The number of unbranched alkanes of at least 4 members (excludes halogenated alkanes) is 31. The molecule has 0 aliphatic carbocycles. The Labute approximate surface area is 348 Å². The van der Waals surface area contributed by atoms with E-state index in [1.54, 1.807) is 6.08 Å². The summed E-state index contributed by atoms with van der Waals surface area (Å²) in [5.74, 6) is -0.173. The lowest BCUT2D eigenvalue weighted by molar-refractivity contribution is -0.870. The summed E-state index contributed by atoms with van der Waals surface area (Å²) < 4.78 is 23.6. The topological polar surface area (TPSA) is 105 Å². The Kier molecular flexibility index (Phi) is 39.1. The van der Waals surface area contributed by atoms with Gasteiger partial charge in [-0.1, -0.05) is 219 Å². The van der Waals surface area contributed by atoms with Crippen molar-refractivity contribution in [2.45, 2.75) is 244 Å². The maximum Gasteiger partial charge on any atom is 0.472 e. The second-order valence-electron chi connectivity index (χ2n) is 17.8. The molecule has 0 aliphatic heterocycles. The van der Waals surface area contributed by atoms with E-state index in [1.165, 1.54) is 180 Å². The van der Waals surface area contributed by atoms with Crippen molar-refractivity contribution < 1.29 is 32.9 Å². The van der Waals surface area contributed by atoms with Crippen molar-refractivity contribution in [2.24, 2.45) is 0 Å². The second-order valence-corrected chi connectivity index (χ2v) is 19.3. The van der Waals surface area contributed by atoms with E-state index in [2.05, 4.69) is 19.2 Å². The number of allylic oxidation sites excluding steroid dienone is 1. The number of rotatable bonds is 44. The largest absolute Gasteiger partial charge is 0.472 e. The Morgan fingerprint density at radius 2 is 0.946 bits per heavy atom. The van der Waals surface area contributed by atoms with Crippen LogP contribution >= 0.6 is 7.82 Å². The number of carbonyl (C=O) groups excluding carboxylic acids is 1. The molecule has 0 heterocycles. The van der Waals surface area contributed by atoms with Crippen LogP contribution in [0.4, 0.5) is 0 Å². The van der Waals surface area contributed by atoms with Crippen LogP contribution in [0.2, 0.25) is 0 Å². The van der Waals surface area contributed by atoms with Crippen molar-refractivity contribution in [2.75, 3.05) is 40.9 Å². The summed E-state index contributed by atoms with van der Waals surface area (Å²) in [4.78, 5) is 23.2. The standard InChI is InChI=1S/C47H95N2O6P/c1-6-8-10-12-14-16-18-20-22-23-24-25-27-29-31-33-35-37-39-41-47(51)48-45(44-55-56(52,53)54-43-42-49(3,4)5)46(50)40-38-36-34-32-30-28-26-21-19-17-15-13-11-9-7-2/h38,40,45-46,50H,6-37,39,41-44H2,1-5H3,(H-,48,51,52,53)/p+1/b40-38+. The fourth-order valence-corrected chi connectivity index (χ4v) is 7.90. The lowest BCUT2D eigenvalue weighted by Gasteiger charge is -2.25. The van der Waals surface area contributed by atoms with Crippen LogP contribution in [0.1, 0.15) is 232 Å². The normalized spacial score (nSPS) is 14.3. The Morgan fingerprint density at radius 3 is 1.32 bits per heavy atom. The zero-order chi connectivity index (χ0) is 41.4. The highest BCUT2D eigenvalue weighted by atomic mass is 31.2. The highest BCUT2D eigenvalue weighted by Crippen LogP contribution is 2.43. The number of amides is 1. The first-order chi connectivity index (χ1) is 27.0. The molecule has 8 nitrogen and oxygen atoms in total. The fourth-order valence-electron chi connectivity index (χ4n) is 7.16. The summed E-state index contributed by atoms with van der Waals surface area (Å²) in [6, 6.07) is -0.840. The van der Waals surface area contributed by atoms with E-state index < -0.39 is 20.0 Å². The van der Waals surface area contributed by atoms with Crippen LogP contribution in [0.15, 0.2) is 12.2 Å². The smallest absolute Gasteiger partial charge is 0.387 e. The maximum atomic E-state index is 12.9. The molecule has 0 saturated heterocycles. The molecule has 0 aromatic rings. The van der Waals surface area contributed by atoms with Crippen LogP contribution in [0, 0.1) is 0 Å². The van der Waals surface area contributed by atoms with Gasteiger partial charge in [-0.05, 0) is 19.3 Å². The van der Waals surface area contributed by atoms with Crippen LogP contribution in [0.25, 0.3) is 0 Å². The van der Waals surface area contributed by atoms with Gasteiger partial charge in [0, 0.05) is 6.42 Å². The number of nitrogens with one attached hydrogen (secondary N) is 1. The van der Waals surface area contributed by atoms with Gasteiger partial charge >= 0.3 is 7.82 Å². The Morgan fingerprint density at radius 1 is 0.589 bits per heavy atom. The summed E-state index contributed by atoms with van der Waals surface area (Å²) in [6.07, 6.45) is 45.6. The molecule has 9 heteroatoms. The molecule has 3 N–H and O–H groups in total. The number of aliphatic hydroxyl groups excluding tert-OH is 1. The Balaban J connectivity index is 4.32. The summed E-state index contributed by atoms with van der Waals surface area (Å²) in [7, 11) is 1.58.